The van der Waals surface area contributed by atoms with E-state index in [1.165, 1.54) is 11.0 Å². The van der Waals surface area contributed by atoms with E-state index in [2.05, 4.69) is 56.8 Å². The van der Waals surface area contributed by atoms with Gasteiger partial charge in [0.25, 0.3) is 5.91 Å². The van der Waals surface area contributed by atoms with Crippen LogP contribution in [-0.4, -0.2) is 44.2 Å². The van der Waals surface area contributed by atoms with E-state index in [1.54, 1.807) is 26.0 Å². The lowest BCUT2D eigenvalue weighted by Gasteiger charge is -2.38. The van der Waals surface area contributed by atoms with Crippen LogP contribution in [0.1, 0.15) is 22.3 Å². The molecule has 5 heterocycles. The number of ether oxygens (including phenoxy) is 2. The Bertz CT molecular complexity index is 3090. The lowest BCUT2D eigenvalue weighted by molar-refractivity contribution is -0.112. The number of hydrogen-bond donors (Lipinski definition) is 2. The van der Waals surface area contributed by atoms with Crippen molar-refractivity contribution in [2.75, 3.05) is 19.6 Å². The molecule has 1 atom stereocenters. The molecule has 0 saturated carbocycles. The molecule has 0 radical (unpaired) electrons. The van der Waals surface area contributed by atoms with Crippen LogP contribution in [0.2, 0.25) is 5.02 Å². The lowest BCUT2D eigenvalue weighted by atomic mass is 9.98. The second-order valence-corrected chi connectivity index (χ2v) is 15.8. The fourth-order valence-corrected chi connectivity index (χ4v) is 9.19. The molecule has 298 valence electrons. The second kappa shape index (κ2) is 15.7. The summed E-state index contributed by atoms with van der Waals surface area (Å²) in [5.41, 5.74) is 12.9. The van der Waals surface area contributed by atoms with Gasteiger partial charge < -0.3 is 18.9 Å². The number of hydrogen-bond acceptors (Lipinski definition) is 8. The highest BCUT2D eigenvalue weighted by atomic mass is 35.5. The van der Waals surface area contributed by atoms with Crippen molar-refractivity contribution in [1.29, 1.82) is 5.41 Å². The predicted molar refractivity (Wildman–Crippen MR) is 243 cm³/mol. The molecular weight excluding hydrogens is 802 g/mol. The molecule has 0 spiro atoms. The molecule has 5 aromatic carbocycles. The first-order chi connectivity index (χ1) is 29.9. The van der Waals surface area contributed by atoms with Gasteiger partial charge in [0.15, 0.2) is 16.6 Å². The van der Waals surface area contributed by atoms with Crippen molar-refractivity contribution in [2.24, 2.45) is 0 Å². The summed E-state index contributed by atoms with van der Waals surface area (Å²) in [4.78, 5) is 27.3. The van der Waals surface area contributed by atoms with Crippen molar-refractivity contribution < 1.29 is 14.3 Å². The van der Waals surface area contributed by atoms with Gasteiger partial charge in [-0.05, 0) is 106 Å². The van der Waals surface area contributed by atoms with E-state index in [1.807, 2.05) is 115 Å². The lowest BCUT2D eigenvalue weighted by Crippen LogP contribution is -2.38. The molecule has 1 unspecified atom stereocenters. The SMILES string of the molecule is COc1ccc(C2=C(C(=O)Nn3cnc4nc(-c5ccc(OC)cc5)cc(-c5ccc(Cl)cc5)c4c3=N)c3cc(-c4ccccc4)cn3C3SC=C(c4ccccc4)N23)cc1. The number of rotatable bonds is 9. The topological polar surface area (TPSA) is 110 Å². The largest absolute Gasteiger partial charge is 0.497 e. The standard InChI is InChI=1S/C49H36ClN7O3S/c1-59-37-21-15-32(16-22-37)40-26-39(31-13-19-36(50)20-14-31)43-46(51)56(29-52-47(43)53-40)54-48(58)44-41-25-35(30-9-5-3-6-10-30)27-55(41)49-57(42(28-61-49)33-11-7-4-8-12-33)45(44)34-17-23-38(60-2)24-18-34/h3-29,49,51H,1-2H3,(H,54,58). The number of aromatic nitrogens is 4. The van der Waals surface area contributed by atoms with Gasteiger partial charge in [-0.15, -0.1) is 0 Å². The Morgan fingerprint density at radius 2 is 1.36 bits per heavy atom. The molecule has 61 heavy (non-hydrogen) atoms. The summed E-state index contributed by atoms with van der Waals surface area (Å²) in [6.07, 6.45) is 3.55. The predicted octanol–water partition coefficient (Wildman–Crippen LogP) is 10.5. The van der Waals surface area contributed by atoms with Gasteiger partial charge in [-0.1, -0.05) is 96.2 Å². The van der Waals surface area contributed by atoms with Gasteiger partial charge in [0.2, 0.25) is 0 Å². The first kappa shape index (κ1) is 37.9. The van der Waals surface area contributed by atoms with E-state index in [4.69, 9.17) is 31.0 Å². The molecule has 0 fully saturated rings. The Morgan fingerprint density at radius 1 is 0.738 bits per heavy atom. The number of benzene rings is 5. The quantitative estimate of drug-likeness (QED) is 0.149. The second-order valence-electron chi connectivity index (χ2n) is 14.4. The summed E-state index contributed by atoms with van der Waals surface area (Å²) in [6, 6.07) is 47.1. The zero-order chi connectivity index (χ0) is 41.6. The molecule has 0 saturated heterocycles. The summed E-state index contributed by atoms with van der Waals surface area (Å²) >= 11 is 8.02. The third kappa shape index (κ3) is 6.83. The first-order valence-corrected chi connectivity index (χ1v) is 20.8. The van der Waals surface area contributed by atoms with E-state index in [0.717, 1.165) is 50.5 Å². The van der Waals surface area contributed by atoms with Crippen LogP contribution in [0.5, 0.6) is 11.5 Å². The molecule has 3 aromatic heterocycles. The number of thioether (sulfide) groups is 1. The third-order valence-electron chi connectivity index (χ3n) is 10.9. The van der Waals surface area contributed by atoms with Gasteiger partial charge in [0.1, 0.15) is 17.8 Å². The van der Waals surface area contributed by atoms with Crippen LogP contribution in [0, 0.1) is 5.41 Å². The van der Waals surface area contributed by atoms with Crippen LogP contribution in [0.25, 0.3) is 61.5 Å². The average molecular weight is 838 g/mol. The summed E-state index contributed by atoms with van der Waals surface area (Å²) in [7, 11) is 3.26. The maximum absolute atomic E-state index is 15.4. The van der Waals surface area contributed by atoms with Crippen molar-refractivity contribution in [3.8, 4) is 45.0 Å². The minimum Gasteiger partial charge on any atom is -0.497 e. The number of nitrogens with zero attached hydrogens (tertiary/aromatic N) is 5. The molecular formula is C49H36ClN7O3S. The van der Waals surface area contributed by atoms with E-state index in [9.17, 15) is 5.41 Å². The van der Waals surface area contributed by atoms with Gasteiger partial charge in [-0.3, -0.25) is 15.6 Å². The van der Waals surface area contributed by atoms with Crippen LogP contribution in [0.15, 0.2) is 164 Å². The first-order valence-electron chi connectivity index (χ1n) is 19.4. The Kier molecular flexibility index (Phi) is 9.74. The Balaban J connectivity index is 1.16. The van der Waals surface area contributed by atoms with Crippen LogP contribution in [0.3, 0.4) is 0 Å². The number of nitrogens with one attached hydrogen (secondary N) is 2. The average Bonchev–Trinajstić information content (AvgIpc) is 3.96. The monoisotopic (exact) mass is 837 g/mol. The van der Waals surface area contributed by atoms with E-state index >= 15 is 4.79 Å². The summed E-state index contributed by atoms with van der Waals surface area (Å²) in [5.74, 6) is 0.996. The summed E-state index contributed by atoms with van der Waals surface area (Å²) in [5, 5.41) is 12.9. The van der Waals surface area contributed by atoms with E-state index < -0.39 is 5.91 Å². The van der Waals surface area contributed by atoms with Gasteiger partial charge >= 0.3 is 0 Å². The number of fused-ring (bicyclic) bond motifs is 4. The molecule has 2 aliphatic rings. The maximum Gasteiger partial charge on any atom is 0.274 e. The molecule has 12 heteroatoms. The third-order valence-corrected chi connectivity index (χ3v) is 12.2. The highest BCUT2D eigenvalue weighted by Crippen LogP contribution is 2.54. The van der Waals surface area contributed by atoms with Crippen LogP contribution in [-0.2, 0) is 4.79 Å². The number of amides is 1. The molecule has 0 aliphatic carbocycles. The van der Waals surface area contributed by atoms with Crippen molar-refractivity contribution in [1.82, 2.24) is 24.1 Å². The maximum atomic E-state index is 15.4. The molecule has 10 rings (SSSR count). The van der Waals surface area contributed by atoms with Crippen LogP contribution >= 0.6 is 23.4 Å². The molecule has 8 aromatic rings. The number of carbonyl (C=O) groups is 1. The van der Waals surface area contributed by atoms with Crippen molar-refractivity contribution in [3.05, 3.63) is 191 Å². The highest BCUT2D eigenvalue weighted by molar-refractivity contribution is 8.02. The summed E-state index contributed by atoms with van der Waals surface area (Å²) in [6.45, 7) is 0. The van der Waals surface area contributed by atoms with Gasteiger partial charge in [0.05, 0.1) is 48.0 Å². The molecule has 2 N–H and O–H groups in total. The molecule has 2 aliphatic heterocycles. The normalized spacial score (nSPS) is 14.4. The van der Waals surface area contributed by atoms with Gasteiger partial charge in [0, 0.05) is 22.3 Å². The number of pyridine rings is 1. The zero-order valence-electron chi connectivity index (χ0n) is 32.9. The molecule has 10 nitrogen and oxygen atoms in total. The molecule has 0 bridgehead atoms. The Labute approximate surface area is 360 Å². The van der Waals surface area contributed by atoms with Crippen molar-refractivity contribution in [2.45, 2.75) is 5.50 Å². The zero-order valence-corrected chi connectivity index (χ0v) is 34.5. The van der Waals surface area contributed by atoms with Gasteiger partial charge in [-0.25, -0.2) is 14.6 Å². The Hall–Kier alpha value is -7.34. The van der Waals surface area contributed by atoms with Gasteiger partial charge in [-0.2, -0.15) is 0 Å². The fraction of sp³-hybridized carbons (Fsp3) is 0.0612. The smallest absolute Gasteiger partial charge is 0.274 e. The Morgan fingerprint density at radius 3 is 2.02 bits per heavy atom. The van der Waals surface area contributed by atoms with Crippen LogP contribution < -0.4 is 20.4 Å². The fourth-order valence-electron chi connectivity index (χ4n) is 7.91. The number of halogens is 1. The number of carbonyl (C=O) groups excluding carboxylic acids is 1. The van der Waals surface area contributed by atoms with E-state index in [-0.39, 0.29) is 11.0 Å². The van der Waals surface area contributed by atoms with E-state index in [0.29, 0.717) is 44.3 Å². The minimum absolute atomic E-state index is 0.000630. The summed E-state index contributed by atoms with van der Waals surface area (Å²) < 4.78 is 14.5. The van der Waals surface area contributed by atoms with Crippen molar-refractivity contribution >= 4 is 57.3 Å². The molecule has 1 amide bonds. The van der Waals surface area contributed by atoms with Crippen molar-refractivity contribution in [3.63, 3.8) is 0 Å². The highest BCUT2D eigenvalue weighted by Gasteiger charge is 2.42. The number of methoxy groups -OCH3 is 2. The van der Waals surface area contributed by atoms with Crippen LogP contribution in [0.4, 0.5) is 0 Å². The minimum atomic E-state index is -0.428.